The lowest BCUT2D eigenvalue weighted by atomic mass is 10.1. The number of ether oxygens (including phenoxy) is 3. The molecule has 0 saturated heterocycles. The average Bonchev–Trinajstić information content (AvgIpc) is 3.47. The molecule has 0 aromatic carbocycles. The molecule has 456 valence electrons. The van der Waals surface area contributed by atoms with Gasteiger partial charge in [-0.05, 0) is 148 Å². The number of hydrogen-bond acceptors (Lipinski definition) is 6. The van der Waals surface area contributed by atoms with Crippen LogP contribution in [0.1, 0.15) is 278 Å². The molecule has 1 atom stereocenters. The fourth-order valence-electron chi connectivity index (χ4n) is 8.62. The Balaban J connectivity index is 4.42. The van der Waals surface area contributed by atoms with Gasteiger partial charge in [0.25, 0.3) is 0 Å². The second-order valence-corrected chi connectivity index (χ2v) is 21.3. The van der Waals surface area contributed by atoms with Crippen LogP contribution >= 0.6 is 0 Å². The van der Waals surface area contributed by atoms with Gasteiger partial charge in [-0.2, -0.15) is 0 Å². The molecular weight excluding hydrogens is 997 g/mol. The summed E-state index contributed by atoms with van der Waals surface area (Å²) >= 11 is 0. The molecule has 1 unspecified atom stereocenters. The highest BCUT2D eigenvalue weighted by molar-refractivity contribution is 5.71. The van der Waals surface area contributed by atoms with E-state index < -0.39 is 6.10 Å². The van der Waals surface area contributed by atoms with Crippen molar-refractivity contribution in [3.05, 3.63) is 158 Å². The monoisotopic (exact) mass is 1120 g/mol. The van der Waals surface area contributed by atoms with Crippen molar-refractivity contribution in [1.82, 2.24) is 0 Å². The Hall–Kier alpha value is -4.97. The summed E-state index contributed by atoms with van der Waals surface area (Å²) < 4.78 is 16.9. The van der Waals surface area contributed by atoms with Crippen LogP contribution in [-0.4, -0.2) is 37.2 Å². The summed E-state index contributed by atoms with van der Waals surface area (Å²) in [6.45, 7) is 6.35. The first kappa shape index (κ1) is 76.0. The molecule has 0 saturated carbocycles. The molecule has 0 aliphatic heterocycles. The van der Waals surface area contributed by atoms with Gasteiger partial charge in [-0.25, -0.2) is 0 Å². The second kappa shape index (κ2) is 67.5. The molecule has 0 fully saturated rings. The fraction of sp³-hybridized carbons (Fsp3) is 0.613. The van der Waals surface area contributed by atoms with E-state index in [4.69, 9.17) is 14.2 Å². The molecule has 0 bridgehead atoms. The van der Waals surface area contributed by atoms with Crippen molar-refractivity contribution < 1.29 is 28.6 Å². The van der Waals surface area contributed by atoms with E-state index in [2.05, 4.69) is 179 Å². The molecule has 0 aromatic rings. The van der Waals surface area contributed by atoms with E-state index >= 15 is 0 Å². The van der Waals surface area contributed by atoms with Crippen LogP contribution < -0.4 is 0 Å². The Bertz CT molecular complexity index is 1810. The minimum absolute atomic E-state index is 0.101. The van der Waals surface area contributed by atoms with E-state index in [-0.39, 0.29) is 31.1 Å². The number of carbonyl (C=O) groups excluding carboxylic acids is 3. The van der Waals surface area contributed by atoms with Crippen LogP contribution in [0.3, 0.4) is 0 Å². The molecular formula is C75H120O6. The minimum Gasteiger partial charge on any atom is -0.462 e. The maximum Gasteiger partial charge on any atom is 0.306 e. The van der Waals surface area contributed by atoms with Crippen molar-refractivity contribution in [2.45, 2.75) is 284 Å². The van der Waals surface area contributed by atoms with Gasteiger partial charge in [-0.1, -0.05) is 269 Å². The molecule has 0 spiro atoms. The highest BCUT2D eigenvalue weighted by atomic mass is 16.6. The topological polar surface area (TPSA) is 78.9 Å². The summed E-state index contributed by atoms with van der Waals surface area (Å²) in [6.07, 6.45) is 98.1. The molecule has 0 aliphatic carbocycles. The lowest BCUT2D eigenvalue weighted by Crippen LogP contribution is -2.30. The standard InChI is InChI=1S/C75H120O6/c1-4-7-10-13-16-19-22-25-28-30-32-33-34-35-36-37-38-39-40-41-43-44-47-50-53-56-59-62-65-68-74(77)80-71-72(70-79-73(76)67-64-61-58-55-52-49-46-27-24-21-18-15-12-9-6-3)81-75(78)69-66-63-60-57-54-51-48-45-42-31-29-26-23-20-17-14-11-8-5-2/h7,9-10,12,16-21,25-29,32-33,35-36,38-39,41-43,45-46,72H,4-6,8,11,13-15,22-24,30-31,34,37,40,44,47-71H2,1-3H3/b10-7-,12-9-,19-16-,20-17-,21-18-,28-25-,29-26-,33-32-,36-35-,39-38-,43-41-,45-42-,46-27-. The predicted molar refractivity (Wildman–Crippen MR) is 352 cm³/mol. The van der Waals surface area contributed by atoms with E-state index in [0.29, 0.717) is 19.3 Å². The molecule has 0 radical (unpaired) electrons. The number of carbonyl (C=O) groups is 3. The molecule has 0 rings (SSSR count). The lowest BCUT2D eigenvalue weighted by Gasteiger charge is -2.18. The minimum atomic E-state index is -0.806. The van der Waals surface area contributed by atoms with Crippen LogP contribution in [0, 0.1) is 0 Å². The molecule has 6 nitrogen and oxygen atoms in total. The summed E-state index contributed by atoms with van der Waals surface area (Å²) in [5.41, 5.74) is 0. The zero-order valence-electron chi connectivity index (χ0n) is 52.2. The molecule has 0 amide bonds. The summed E-state index contributed by atoms with van der Waals surface area (Å²) in [5, 5.41) is 0. The highest BCUT2D eigenvalue weighted by Gasteiger charge is 2.19. The SMILES string of the molecule is CC/C=C\C/C=C\C/C=C\C/C=C\C/C=C\C/C=C\C/C=C\CCCCCCCCCC(=O)OCC(COC(=O)CCCCCCC/C=C\C/C=C\C/C=C\CC)OC(=O)CCCCCCCC/C=C\C/C=C\C/C=C\CCCCC. The zero-order chi connectivity index (χ0) is 58.5. The zero-order valence-corrected chi connectivity index (χ0v) is 52.2. The molecule has 6 heteroatoms. The van der Waals surface area contributed by atoms with Gasteiger partial charge in [-0.3, -0.25) is 14.4 Å². The fourth-order valence-corrected chi connectivity index (χ4v) is 8.62. The third-order valence-electron chi connectivity index (χ3n) is 13.5. The first-order valence-corrected chi connectivity index (χ1v) is 33.0. The van der Waals surface area contributed by atoms with Gasteiger partial charge in [0.05, 0.1) is 0 Å². The van der Waals surface area contributed by atoms with Gasteiger partial charge in [0, 0.05) is 19.3 Å². The number of rotatable bonds is 58. The van der Waals surface area contributed by atoms with Crippen molar-refractivity contribution in [1.29, 1.82) is 0 Å². The number of allylic oxidation sites excluding steroid dienone is 26. The van der Waals surface area contributed by atoms with E-state index in [9.17, 15) is 14.4 Å². The van der Waals surface area contributed by atoms with Crippen molar-refractivity contribution >= 4 is 17.9 Å². The quantitative estimate of drug-likeness (QED) is 0.0261. The van der Waals surface area contributed by atoms with E-state index in [0.717, 1.165) is 173 Å². The van der Waals surface area contributed by atoms with Crippen LogP contribution in [0.5, 0.6) is 0 Å². The van der Waals surface area contributed by atoms with Crippen LogP contribution in [0.25, 0.3) is 0 Å². The first-order valence-electron chi connectivity index (χ1n) is 33.0. The highest BCUT2D eigenvalue weighted by Crippen LogP contribution is 2.14. The van der Waals surface area contributed by atoms with Crippen LogP contribution in [-0.2, 0) is 28.6 Å². The Kier molecular flexibility index (Phi) is 63.4. The van der Waals surface area contributed by atoms with E-state index in [1.54, 1.807) is 0 Å². The van der Waals surface area contributed by atoms with Gasteiger partial charge in [0.1, 0.15) is 13.2 Å². The summed E-state index contributed by atoms with van der Waals surface area (Å²) in [4.78, 5) is 38.4. The Morgan fingerprint density at radius 3 is 0.753 bits per heavy atom. The Labute approximate surface area is 499 Å². The summed E-state index contributed by atoms with van der Waals surface area (Å²) in [6, 6.07) is 0. The maximum atomic E-state index is 12.9. The number of hydrogen-bond donors (Lipinski definition) is 0. The molecule has 0 aliphatic rings. The van der Waals surface area contributed by atoms with Crippen LogP contribution in [0.2, 0.25) is 0 Å². The van der Waals surface area contributed by atoms with Gasteiger partial charge >= 0.3 is 17.9 Å². The molecule has 0 aromatic heterocycles. The molecule has 81 heavy (non-hydrogen) atoms. The third-order valence-corrected chi connectivity index (χ3v) is 13.5. The van der Waals surface area contributed by atoms with Gasteiger partial charge < -0.3 is 14.2 Å². The largest absolute Gasteiger partial charge is 0.462 e. The van der Waals surface area contributed by atoms with Gasteiger partial charge in [0.2, 0.25) is 0 Å². The maximum absolute atomic E-state index is 12.9. The third kappa shape index (κ3) is 65.7. The smallest absolute Gasteiger partial charge is 0.306 e. The Morgan fingerprint density at radius 2 is 0.481 bits per heavy atom. The predicted octanol–water partition coefficient (Wildman–Crippen LogP) is 22.9. The number of esters is 3. The second-order valence-electron chi connectivity index (χ2n) is 21.3. The molecule has 0 heterocycles. The van der Waals surface area contributed by atoms with E-state index in [1.165, 1.54) is 64.2 Å². The lowest BCUT2D eigenvalue weighted by molar-refractivity contribution is -0.167. The van der Waals surface area contributed by atoms with Gasteiger partial charge in [-0.15, -0.1) is 0 Å². The van der Waals surface area contributed by atoms with Gasteiger partial charge in [0.15, 0.2) is 6.10 Å². The average molecular weight is 1120 g/mol. The summed E-state index contributed by atoms with van der Waals surface area (Å²) in [5.74, 6) is -0.942. The number of unbranched alkanes of at least 4 members (excludes halogenated alkanes) is 21. The van der Waals surface area contributed by atoms with E-state index in [1.807, 2.05) is 0 Å². The van der Waals surface area contributed by atoms with Crippen molar-refractivity contribution in [2.24, 2.45) is 0 Å². The van der Waals surface area contributed by atoms with Crippen LogP contribution in [0.15, 0.2) is 158 Å². The van der Waals surface area contributed by atoms with Crippen molar-refractivity contribution in [3.63, 3.8) is 0 Å². The normalized spacial score (nSPS) is 13.2. The summed E-state index contributed by atoms with van der Waals surface area (Å²) in [7, 11) is 0. The first-order chi connectivity index (χ1) is 40.0. The van der Waals surface area contributed by atoms with Crippen molar-refractivity contribution in [2.75, 3.05) is 13.2 Å². The van der Waals surface area contributed by atoms with Crippen LogP contribution in [0.4, 0.5) is 0 Å². The Morgan fingerprint density at radius 1 is 0.259 bits per heavy atom. The molecule has 0 N–H and O–H groups in total. The van der Waals surface area contributed by atoms with Crippen molar-refractivity contribution in [3.8, 4) is 0 Å².